The number of hydrogen-bond acceptors (Lipinski definition) is 3. The van der Waals surface area contributed by atoms with Gasteiger partial charge in [0.25, 0.3) is 0 Å². The van der Waals surface area contributed by atoms with E-state index < -0.39 is 0 Å². The van der Waals surface area contributed by atoms with Gasteiger partial charge in [-0.05, 0) is 38.1 Å². The molecule has 4 nitrogen and oxygen atoms in total. The quantitative estimate of drug-likeness (QED) is 0.605. The van der Waals surface area contributed by atoms with Crippen molar-refractivity contribution in [3.8, 4) is 17.3 Å². The molecule has 27 heavy (non-hydrogen) atoms. The van der Waals surface area contributed by atoms with Crippen molar-refractivity contribution in [1.82, 2.24) is 9.78 Å². The first-order valence-electron chi connectivity index (χ1n) is 9.21. The van der Waals surface area contributed by atoms with Crippen molar-refractivity contribution in [3.63, 3.8) is 0 Å². The Morgan fingerprint density at radius 3 is 2.74 bits per heavy atom. The van der Waals surface area contributed by atoms with Crippen LogP contribution in [0.2, 0.25) is 5.02 Å². The highest BCUT2D eigenvalue weighted by atomic mass is 35.5. The molecule has 0 fully saturated rings. The molecule has 0 saturated carbocycles. The van der Waals surface area contributed by atoms with Crippen molar-refractivity contribution in [2.45, 2.75) is 26.2 Å². The van der Waals surface area contributed by atoms with Crippen LogP contribution in [0.3, 0.4) is 0 Å². The average molecular weight is 381 g/mol. The van der Waals surface area contributed by atoms with Gasteiger partial charge in [0, 0.05) is 27.5 Å². The maximum Gasteiger partial charge on any atom is 0.221 e. The third-order valence-corrected chi connectivity index (χ3v) is 6.20. The van der Waals surface area contributed by atoms with Gasteiger partial charge >= 0.3 is 0 Å². The fraction of sp³-hybridized carbons (Fsp3) is 0.318. The molecule has 2 aliphatic heterocycles. The van der Waals surface area contributed by atoms with E-state index in [9.17, 15) is 0 Å². The molecular weight excluding hydrogens is 360 g/mol. The van der Waals surface area contributed by atoms with Crippen molar-refractivity contribution >= 4 is 11.6 Å². The summed E-state index contributed by atoms with van der Waals surface area (Å²) in [7, 11) is 0. The van der Waals surface area contributed by atoms with Crippen LogP contribution in [0.1, 0.15) is 29.3 Å². The highest BCUT2D eigenvalue weighted by molar-refractivity contribution is 6.30. The van der Waals surface area contributed by atoms with Crippen LogP contribution in [0.15, 0.2) is 42.5 Å². The second kappa shape index (κ2) is 5.77. The molecule has 0 N–H and O–H groups in total. The zero-order chi connectivity index (χ0) is 18.8. The summed E-state index contributed by atoms with van der Waals surface area (Å²) in [6.07, 6.45) is 0. The van der Waals surface area contributed by atoms with E-state index in [1.807, 2.05) is 28.9 Å². The summed E-state index contributed by atoms with van der Waals surface area (Å²) in [6, 6.07) is 14.1. The van der Waals surface area contributed by atoms with Crippen molar-refractivity contribution in [2.75, 3.05) is 13.2 Å². The summed E-state index contributed by atoms with van der Waals surface area (Å²) in [5, 5.41) is 5.51. The van der Waals surface area contributed by atoms with E-state index in [1.165, 1.54) is 11.1 Å². The largest absolute Gasteiger partial charge is 0.493 e. The van der Waals surface area contributed by atoms with Crippen LogP contribution < -0.4 is 9.47 Å². The first-order chi connectivity index (χ1) is 13.0. The minimum Gasteiger partial charge on any atom is -0.493 e. The molecule has 5 rings (SSSR count). The lowest BCUT2D eigenvalue weighted by molar-refractivity contribution is 0.0826. The Kier molecular flexibility index (Phi) is 3.57. The van der Waals surface area contributed by atoms with Gasteiger partial charge in [-0.1, -0.05) is 42.3 Å². The minimum atomic E-state index is -0.200. The third-order valence-electron chi connectivity index (χ3n) is 5.96. The SMILES string of the molecule is Cc1ccc2c(c1)[C@@]1(C)c3c(C)nn(-c4cccc(Cl)c4)c3OC[C@H]1CO2. The normalized spacial score (nSPS) is 22.9. The summed E-state index contributed by atoms with van der Waals surface area (Å²) >= 11 is 6.21. The molecule has 0 amide bonds. The third kappa shape index (κ3) is 2.32. The monoisotopic (exact) mass is 380 g/mol. The molecule has 5 heteroatoms. The van der Waals surface area contributed by atoms with Crippen LogP contribution >= 0.6 is 11.6 Å². The Balaban J connectivity index is 1.76. The van der Waals surface area contributed by atoms with Crippen LogP contribution in [-0.2, 0) is 5.41 Å². The number of rotatable bonds is 1. The Bertz CT molecular complexity index is 1060. The molecule has 0 bridgehead atoms. The molecule has 0 radical (unpaired) electrons. The lowest BCUT2D eigenvalue weighted by Crippen LogP contribution is -2.47. The molecule has 0 unspecified atom stereocenters. The second-order valence-electron chi connectivity index (χ2n) is 7.68. The molecule has 2 atom stereocenters. The van der Waals surface area contributed by atoms with E-state index >= 15 is 0 Å². The van der Waals surface area contributed by atoms with Gasteiger partial charge in [-0.25, -0.2) is 4.68 Å². The van der Waals surface area contributed by atoms with Crippen molar-refractivity contribution in [3.05, 3.63) is 69.9 Å². The van der Waals surface area contributed by atoms with Gasteiger partial charge in [-0.3, -0.25) is 0 Å². The number of hydrogen-bond donors (Lipinski definition) is 0. The van der Waals surface area contributed by atoms with E-state index in [2.05, 4.69) is 39.0 Å². The van der Waals surface area contributed by atoms with Crippen molar-refractivity contribution in [2.24, 2.45) is 5.92 Å². The molecule has 3 heterocycles. The predicted octanol–water partition coefficient (Wildman–Crippen LogP) is 4.85. The summed E-state index contributed by atoms with van der Waals surface area (Å²) < 4.78 is 14.2. The van der Waals surface area contributed by atoms with Crippen LogP contribution in [-0.4, -0.2) is 23.0 Å². The fourth-order valence-electron chi connectivity index (χ4n) is 4.51. The van der Waals surface area contributed by atoms with Gasteiger partial charge in [0.2, 0.25) is 5.88 Å². The van der Waals surface area contributed by atoms with E-state index in [1.54, 1.807) is 0 Å². The standard InChI is InChI=1S/C22H21ClN2O2/c1-13-7-8-19-18(9-13)22(3)15(11-26-19)12-27-21-20(22)14(2)24-25(21)17-6-4-5-16(23)10-17/h4-10,15H,11-12H2,1-3H3/t15-,22+/m1/s1. The van der Waals surface area contributed by atoms with E-state index in [0.717, 1.165) is 28.6 Å². The van der Waals surface area contributed by atoms with E-state index in [4.69, 9.17) is 26.2 Å². The molecule has 2 aromatic carbocycles. The smallest absolute Gasteiger partial charge is 0.221 e. The van der Waals surface area contributed by atoms with Gasteiger partial charge in [0.1, 0.15) is 5.75 Å². The van der Waals surface area contributed by atoms with Crippen LogP contribution in [0, 0.1) is 19.8 Å². The molecule has 2 aliphatic rings. The van der Waals surface area contributed by atoms with E-state index in [-0.39, 0.29) is 11.3 Å². The van der Waals surface area contributed by atoms with E-state index in [0.29, 0.717) is 18.2 Å². The molecule has 0 aliphatic carbocycles. The van der Waals surface area contributed by atoms with Gasteiger partial charge < -0.3 is 9.47 Å². The zero-order valence-corrected chi connectivity index (χ0v) is 16.4. The van der Waals surface area contributed by atoms with Crippen LogP contribution in [0.5, 0.6) is 11.6 Å². The van der Waals surface area contributed by atoms with Crippen LogP contribution in [0.25, 0.3) is 5.69 Å². The Hall–Kier alpha value is -2.46. The number of ether oxygens (including phenoxy) is 2. The molecular formula is C22H21ClN2O2. The zero-order valence-electron chi connectivity index (χ0n) is 15.6. The second-order valence-corrected chi connectivity index (χ2v) is 8.11. The minimum absolute atomic E-state index is 0.200. The molecule has 0 saturated heterocycles. The number of aryl methyl sites for hydroxylation is 2. The maximum atomic E-state index is 6.23. The van der Waals surface area contributed by atoms with Gasteiger partial charge in [0.05, 0.1) is 24.6 Å². The number of halogens is 1. The molecule has 1 aromatic heterocycles. The highest BCUT2D eigenvalue weighted by Gasteiger charge is 2.50. The summed E-state index contributed by atoms with van der Waals surface area (Å²) in [5.41, 5.74) is 5.28. The van der Waals surface area contributed by atoms with Gasteiger partial charge in [0.15, 0.2) is 0 Å². The Morgan fingerprint density at radius 2 is 1.93 bits per heavy atom. The van der Waals surface area contributed by atoms with Crippen molar-refractivity contribution in [1.29, 1.82) is 0 Å². The Morgan fingerprint density at radius 1 is 1.11 bits per heavy atom. The Labute approximate surface area is 163 Å². The average Bonchev–Trinajstić information content (AvgIpc) is 3.00. The first kappa shape index (κ1) is 16.7. The van der Waals surface area contributed by atoms with Crippen molar-refractivity contribution < 1.29 is 9.47 Å². The molecule has 138 valence electrons. The number of fused-ring (bicyclic) bond motifs is 5. The topological polar surface area (TPSA) is 36.3 Å². The number of aromatic nitrogens is 2. The fourth-order valence-corrected chi connectivity index (χ4v) is 4.69. The van der Waals surface area contributed by atoms with Crippen LogP contribution in [0.4, 0.5) is 0 Å². The number of nitrogens with zero attached hydrogens (tertiary/aromatic N) is 2. The number of benzene rings is 2. The summed E-state index contributed by atoms with van der Waals surface area (Å²) in [6.45, 7) is 7.73. The molecule has 3 aromatic rings. The lowest BCUT2D eigenvalue weighted by atomic mass is 9.65. The van der Waals surface area contributed by atoms with Gasteiger partial charge in [-0.15, -0.1) is 0 Å². The predicted molar refractivity (Wildman–Crippen MR) is 105 cm³/mol. The molecule has 0 spiro atoms. The van der Waals surface area contributed by atoms with Gasteiger partial charge in [-0.2, -0.15) is 5.10 Å². The maximum absolute atomic E-state index is 6.23. The summed E-state index contributed by atoms with van der Waals surface area (Å²) in [4.78, 5) is 0. The lowest BCUT2D eigenvalue weighted by Gasteiger charge is -2.45. The highest BCUT2D eigenvalue weighted by Crippen LogP contribution is 2.53. The summed E-state index contributed by atoms with van der Waals surface area (Å²) in [5.74, 6) is 2.01. The first-order valence-corrected chi connectivity index (χ1v) is 9.59.